The molecule has 0 amide bonds. The van der Waals surface area contributed by atoms with Crippen LogP contribution in [0.3, 0.4) is 0 Å². The van der Waals surface area contributed by atoms with Gasteiger partial charge in [-0.3, -0.25) is 0 Å². The second-order valence-corrected chi connectivity index (χ2v) is 3.22. The van der Waals surface area contributed by atoms with Crippen LogP contribution in [0.15, 0.2) is 12.1 Å². The largest absolute Gasteiger partial charge is 0.418 e. The van der Waals surface area contributed by atoms with Gasteiger partial charge in [0, 0.05) is 11.0 Å². The summed E-state index contributed by atoms with van der Waals surface area (Å²) in [6, 6.07) is 1.48. The van der Waals surface area contributed by atoms with E-state index in [0.29, 0.717) is 6.07 Å². The van der Waals surface area contributed by atoms with Gasteiger partial charge in [-0.25, -0.2) is 4.39 Å². The molecule has 0 fully saturated rings. The van der Waals surface area contributed by atoms with E-state index in [0.717, 1.165) is 6.07 Å². The van der Waals surface area contributed by atoms with Gasteiger partial charge in [-0.15, -0.1) is 0 Å². The fraction of sp³-hybridized carbons (Fsp3) is 0.250. The van der Waals surface area contributed by atoms with Crippen LogP contribution in [0.1, 0.15) is 11.1 Å². The van der Waals surface area contributed by atoms with E-state index in [4.69, 9.17) is 5.73 Å². The maximum atomic E-state index is 12.7. The molecule has 1 nitrogen and oxygen atoms in total. The van der Waals surface area contributed by atoms with E-state index in [-0.39, 0.29) is 10.9 Å². The predicted molar refractivity (Wildman–Crippen MR) is 48.4 cm³/mol. The van der Waals surface area contributed by atoms with Crippen LogP contribution in [0, 0.1) is 5.82 Å². The van der Waals surface area contributed by atoms with Gasteiger partial charge in [0.1, 0.15) is 5.82 Å². The molecule has 0 aromatic heterocycles. The van der Waals surface area contributed by atoms with Crippen LogP contribution in [-0.2, 0) is 11.5 Å². The highest BCUT2D eigenvalue weighted by molar-refractivity contribution is 9.08. The molecule has 1 aromatic rings. The fourth-order valence-electron chi connectivity index (χ4n) is 1.14. The van der Waals surface area contributed by atoms with Crippen molar-refractivity contribution in [1.82, 2.24) is 0 Å². The van der Waals surface area contributed by atoms with E-state index in [9.17, 15) is 17.6 Å². The molecule has 14 heavy (non-hydrogen) atoms. The average molecular weight is 272 g/mol. The molecule has 78 valence electrons. The Labute approximate surface area is 86.0 Å². The third-order valence-electron chi connectivity index (χ3n) is 1.64. The van der Waals surface area contributed by atoms with Crippen molar-refractivity contribution in [2.45, 2.75) is 11.5 Å². The number of nitrogens with two attached hydrogens (primary N) is 1. The highest BCUT2D eigenvalue weighted by Crippen LogP contribution is 2.37. The van der Waals surface area contributed by atoms with Crippen molar-refractivity contribution >= 4 is 21.6 Å². The first kappa shape index (κ1) is 11.3. The van der Waals surface area contributed by atoms with Crippen LogP contribution in [0.5, 0.6) is 0 Å². The van der Waals surface area contributed by atoms with Crippen LogP contribution >= 0.6 is 15.9 Å². The molecule has 0 saturated heterocycles. The van der Waals surface area contributed by atoms with Crippen molar-refractivity contribution in [2.24, 2.45) is 0 Å². The Balaban J connectivity index is 3.40. The van der Waals surface area contributed by atoms with Crippen LogP contribution in [-0.4, -0.2) is 0 Å². The summed E-state index contributed by atoms with van der Waals surface area (Å²) in [6.45, 7) is 0. The van der Waals surface area contributed by atoms with Crippen molar-refractivity contribution in [3.63, 3.8) is 0 Å². The number of benzene rings is 1. The van der Waals surface area contributed by atoms with Gasteiger partial charge in [-0.2, -0.15) is 13.2 Å². The predicted octanol–water partition coefficient (Wildman–Crippen LogP) is 3.32. The molecular formula is C8H6BrF4N. The second kappa shape index (κ2) is 3.76. The quantitative estimate of drug-likeness (QED) is 0.473. The standard InChI is InChI=1S/C8H6BrF4N/c9-3-4-1-5(10)2-6(14)7(4)8(11,12)13/h1-2H,3,14H2. The van der Waals surface area contributed by atoms with E-state index in [2.05, 4.69) is 15.9 Å². The average Bonchev–Trinajstić information content (AvgIpc) is 1.99. The Kier molecular flexibility index (Phi) is 3.04. The van der Waals surface area contributed by atoms with Gasteiger partial charge in [0.15, 0.2) is 0 Å². The zero-order valence-corrected chi connectivity index (χ0v) is 8.41. The SMILES string of the molecule is Nc1cc(F)cc(CBr)c1C(F)(F)F. The Bertz CT molecular complexity index is 348. The van der Waals surface area contributed by atoms with E-state index in [1.165, 1.54) is 0 Å². The summed E-state index contributed by atoms with van der Waals surface area (Å²) in [7, 11) is 0. The van der Waals surface area contributed by atoms with Crippen LogP contribution < -0.4 is 5.73 Å². The van der Waals surface area contributed by atoms with Crippen molar-refractivity contribution < 1.29 is 17.6 Å². The maximum Gasteiger partial charge on any atom is 0.418 e. The smallest absolute Gasteiger partial charge is 0.398 e. The van der Waals surface area contributed by atoms with Gasteiger partial charge in [0.05, 0.1) is 5.56 Å². The lowest BCUT2D eigenvalue weighted by Crippen LogP contribution is -2.12. The highest BCUT2D eigenvalue weighted by atomic mass is 79.9. The molecule has 2 N–H and O–H groups in total. The third-order valence-corrected chi connectivity index (χ3v) is 2.25. The number of alkyl halides is 4. The number of hydrogen-bond donors (Lipinski definition) is 1. The lowest BCUT2D eigenvalue weighted by Gasteiger charge is -2.13. The molecule has 0 unspecified atom stereocenters. The monoisotopic (exact) mass is 271 g/mol. The lowest BCUT2D eigenvalue weighted by molar-refractivity contribution is -0.137. The van der Waals surface area contributed by atoms with Crippen molar-refractivity contribution in [2.75, 3.05) is 5.73 Å². The minimum Gasteiger partial charge on any atom is -0.398 e. The summed E-state index contributed by atoms with van der Waals surface area (Å²) in [5.41, 5.74) is 3.34. The normalized spacial score (nSPS) is 11.8. The topological polar surface area (TPSA) is 26.0 Å². The van der Waals surface area contributed by atoms with Gasteiger partial charge in [0.25, 0.3) is 0 Å². The molecule has 6 heteroatoms. The van der Waals surface area contributed by atoms with Gasteiger partial charge in [-0.05, 0) is 17.7 Å². The zero-order chi connectivity index (χ0) is 10.9. The molecule has 0 aliphatic heterocycles. The molecular weight excluding hydrogens is 266 g/mol. The summed E-state index contributed by atoms with van der Waals surface area (Å²) < 4.78 is 49.9. The van der Waals surface area contributed by atoms with E-state index in [1.54, 1.807) is 0 Å². The number of anilines is 1. The Morgan fingerprint density at radius 1 is 1.29 bits per heavy atom. The lowest BCUT2D eigenvalue weighted by atomic mass is 10.1. The van der Waals surface area contributed by atoms with Crippen LogP contribution in [0.2, 0.25) is 0 Å². The first-order chi connectivity index (χ1) is 6.36. The van der Waals surface area contributed by atoms with Gasteiger partial charge in [0.2, 0.25) is 0 Å². The van der Waals surface area contributed by atoms with Crippen LogP contribution in [0.4, 0.5) is 23.2 Å². The number of hydrogen-bond acceptors (Lipinski definition) is 1. The zero-order valence-electron chi connectivity index (χ0n) is 6.83. The van der Waals surface area contributed by atoms with E-state index < -0.39 is 23.2 Å². The van der Waals surface area contributed by atoms with E-state index in [1.807, 2.05) is 0 Å². The Hall–Kier alpha value is -0.780. The van der Waals surface area contributed by atoms with Crippen LogP contribution in [0.25, 0.3) is 0 Å². The highest BCUT2D eigenvalue weighted by Gasteiger charge is 2.35. The van der Waals surface area contributed by atoms with Crippen molar-refractivity contribution in [1.29, 1.82) is 0 Å². The van der Waals surface area contributed by atoms with Gasteiger partial charge in [-0.1, -0.05) is 15.9 Å². The van der Waals surface area contributed by atoms with Crippen molar-refractivity contribution in [3.8, 4) is 0 Å². The maximum absolute atomic E-state index is 12.7. The van der Waals surface area contributed by atoms with Gasteiger partial charge >= 0.3 is 6.18 Å². The first-order valence-electron chi connectivity index (χ1n) is 3.57. The molecule has 0 aliphatic rings. The molecule has 0 atom stereocenters. The molecule has 0 bridgehead atoms. The molecule has 0 radical (unpaired) electrons. The summed E-state index contributed by atoms with van der Waals surface area (Å²) in [4.78, 5) is 0. The van der Waals surface area contributed by atoms with Crippen molar-refractivity contribution in [3.05, 3.63) is 29.1 Å². The van der Waals surface area contributed by atoms with E-state index >= 15 is 0 Å². The third kappa shape index (κ3) is 2.17. The first-order valence-corrected chi connectivity index (χ1v) is 4.69. The Morgan fingerprint density at radius 2 is 1.86 bits per heavy atom. The molecule has 0 spiro atoms. The summed E-state index contributed by atoms with van der Waals surface area (Å²) >= 11 is 2.85. The summed E-state index contributed by atoms with van der Waals surface area (Å²) in [5, 5.41) is -0.0934. The minimum atomic E-state index is -4.55. The molecule has 1 aromatic carbocycles. The number of halogens is 5. The molecule has 0 saturated carbocycles. The minimum absolute atomic E-state index is 0.0934. The number of nitrogen functional groups attached to an aromatic ring is 1. The molecule has 1 rings (SSSR count). The summed E-state index contributed by atoms with van der Waals surface area (Å²) in [6.07, 6.45) is -4.55. The Morgan fingerprint density at radius 3 is 2.29 bits per heavy atom. The fourth-order valence-corrected chi connectivity index (χ4v) is 1.58. The molecule has 0 heterocycles. The number of rotatable bonds is 1. The second-order valence-electron chi connectivity index (χ2n) is 2.66. The molecule has 0 aliphatic carbocycles. The summed E-state index contributed by atoms with van der Waals surface area (Å²) in [5.74, 6) is -0.773. The van der Waals surface area contributed by atoms with Gasteiger partial charge < -0.3 is 5.73 Å².